The summed E-state index contributed by atoms with van der Waals surface area (Å²) in [5, 5.41) is 0. The Kier molecular flexibility index (Phi) is 4.37. The number of nitrogens with zero attached hydrogens (tertiary/aromatic N) is 2. The molecule has 2 nitrogen and oxygen atoms in total. The Hall–Kier alpha value is -1.57. The van der Waals surface area contributed by atoms with Crippen LogP contribution < -0.4 is 4.57 Å². The molecule has 0 saturated carbocycles. The molecule has 0 fully saturated rings. The third-order valence-electron chi connectivity index (χ3n) is 3.02. The molecule has 0 aliphatic rings. The van der Waals surface area contributed by atoms with Gasteiger partial charge in [-0.2, -0.15) is 0 Å². The van der Waals surface area contributed by atoms with Crippen molar-refractivity contribution < 1.29 is 4.57 Å². The van der Waals surface area contributed by atoms with Gasteiger partial charge in [0.2, 0.25) is 6.33 Å². The fourth-order valence-corrected chi connectivity index (χ4v) is 1.95. The van der Waals surface area contributed by atoms with Crippen molar-refractivity contribution in [2.75, 3.05) is 0 Å². The van der Waals surface area contributed by atoms with Crippen LogP contribution in [-0.2, 0) is 19.5 Å². The molecule has 0 radical (unpaired) electrons. The quantitative estimate of drug-likeness (QED) is 0.674. The Morgan fingerprint density at radius 2 is 2.00 bits per heavy atom. The van der Waals surface area contributed by atoms with Crippen molar-refractivity contribution in [1.29, 1.82) is 0 Å². The standard InChI is InChI=1S/C15H21N2/c1-2-3-10-16-12-13-17(14-16)11-9-15-7-5-4-6-8-15/h4-8,12-14H,2-3,9-11H2,1H3/q+1. The number of aromatic nitrogens is 2. The molecule has 1 aromatic heterocycles. The van der Waals surface area contributed by atoms with Crippen LogP contribution in [0.3, 0.4) is 0 Å². The molecule has 2 rings (SSSR count). The number of benzene rings is 1. The molecule has 2 heteroatoms. The van der Waals surface area contributed by atoms with E-state index in [1.807, 2.05) is 0 Å². The number of unbranched alkanes of at least 4 members (excludes halogenated alkanes) is 1. The van der Waals surface area contributed by atoms with Gasteiger partial charge in [-0.1, -0.05) is 43.7 Å². The summed E-state index contributed by atoms with van der Waals surface area (Å²) in [7, 11) is 0. The first-order chi connectivity index (χ1) is 8.38. The second-order valence-electron chi connectivity index (χ2n) is 4.48. The van der Waals surface area contributed by atoms with E-state index in [2.05, 4.69) is 65.1 Å². The molecule has 0 aliphatic heterocycles. The Morgan fingerprint density at radius 1 is 1.18 bits per heavy atom. The zero-order chi connectivity index (χ0) is 11.9. The second kappa shape index (κ2) is 6.24. The van der Waals surface area contributed by atoms with Gasteiger partial charge in [0.05, 0.1) is 13.1 Å². The van der Waals surface area contributed by atoms with Gasteiger partial charge in [-0.05, 0) is 12.0 Å². The van der Waals surface area contributed by atoms with E-state index >= 15 is 0 Å². The van der Waals surface area contributed by atoms with E-state index in [9.17, 15) is 0 Å². The summed E-state index contributed by atoms with van der Waals surface area (Å²) in [4.78, 5) is 0. The largest absolute Gasteiger partial charge is 0.243 e. The normalized spacial score (nSPS) is 10.6. The first-order valence-corrected chi connectivity index (χ1v) is 6.47. The summed E-state index contributed by atoms with van der Waals surface area (Å²) in [5.74, 6) is 0. The minimum absolute atomic E-state index is 1.06. The van der Waals surface area contributed by atoms with E-state index in [1.54, 1.807) is 0 Å². The van der Waals surface area contributed by atoms with Crippen LogP contribution in [0.2, 0.25) is 0 Å². The Labute approximate surface area is 104 Å². The Bertz CT molecular complexity index is 431. The van der Waals surface area contributed by atoms with Gasteiger partial charge in [0.1, 0.15) is 12.4 Å². The van der Waals surface area contributed by atoms with Crippen LogP contribution in [0.4, 0.5) is 0 Å². The molecule has 1 aromatic carbocycles. The maximum atomic E-state index is 2.27. The van der Waals surface area contributed by atoms with Crippen molar-refractivity contribution in [3.8, 4) is 0 Å². The second-order valence-corrected chi connectivity index (χ2v) is 4.48. The van der Waals surface area contributed by atoms with E-state index < -0.39 is 0 Å². The van der Waals surface area contributed by atoms with Gasteiger partial charge in [0.15, 0.2) is 0 Å². The molecule has 0 N–H and O–H groups in total. The molecule has 0 aliphatic carbocycles. The SMILES string of the molecule is CCCC[n+]1ccn(CCc2ccccc2)c1. The van der Waals surface area contributed by atoms with Crippen molar-refractivity contribution in [2.45, 2.75) is 39.3 Å². The molecule has 0 unspecified atom stereocenters. The molecule has 2 aromatic rings. The van der Waals surface area contributed by atoms with Gasteiger partial charge in [-0.15, -0.1) is 0 Å². The summed E-state index contributed by atoms with van der Waals surface area (Å²) in [5.41, 5.74) is 1.40. The van der Waals surface area contributed by atoms with E-state index in [-0.39, 0.29) is 0 Å². The monoisotopic (exact) mass is 229 g/mol. The predicted molar refractivity (Wildman–Crippen MR) is 69.7 cm³/mol. The molecule has 0 amide bonds. The lowest BCUT2D eigenvalue weighted by molar-refractivity contribution is -0.696. The number of hydrogen-bond acceptors (Lipinski definition) is 0. The molecule has 0 bridgehead atoms. The highest BCUT2D eigenvalue weighted by atomic mass is 15.1. The molecule has 1 heterocycles. The van der Waals surface area contributed by atoms with Crippen molar-refractivity contribution in [3.05, 3.63) is 54.6 Å². The Morgan fingerprint density at radius 3 is 2.76 bits per heavy atom. The highest BCUT2D eigenvalue weighted by Crippen LogP contribution is 2.01. The summed E-state index contributed by atoms with van der Waals surface area (Å²) >= 11 is 0. The maximum Gasteiger partial charge on any atom is 0.243 e. The van der Waals surface area contributed by atoms with Gasteiger partial charge in [-0.3, -0.25) is 0 Å². The van der Waals surface area contributed by atoms with E-state index in [4.69, 9.17) is 0 Å². The number of aryl methyl sites for hydroxylation is 3. The average Bonchev–Trinajstić information content (AvgIpc) is 2.83. The van der Waals surface area contributed by atoms with Gasteiger partial charge in [0, 0.05) is 6.42 Å². The maximum absolute atomic E-state index is 2.27. The molecule has 0 atom stereocenters. The van der Waals surface area contributed by atoms with Crippen molar-refractivity contribution in [2.24, 2.45) is 0 Å². The van der Waals surface area contributed by atoms with Gasteiger partial charge in [0.25, 0.3) is 0 Å². The smallest absolute Gasteiger partial charge is 0.237 e. The summed E-state index contributed by atoms with van der Waals surface area (Å²) in [6, 6.07) is 10.7. The Balaban J connectivity index is 1.85. The van der Waals surface area contributed by atoms with Gasteiger partial charge < -0.3 is 0 Å². The molecule has 0 saturated heterocycles. The molecule has 90 valence electrons. The molecular formula is C15H21N2+. The van der Waals surface area contributed by atoms with Crippen LogP contribution in [0.1, 0.15) is 25.3 Å². The zero-order valence-corrected chi connectivity index (χ0v) is 10.5. The lowest BCUT2D eigenvalue weighted by Crippen LogP contribution is -2.30. The van der Waals surface area contributed by atoms with Crippen molar-refractivity contribution in [3.63, 3.8) is 0 Å². The summed E-state index contributed by atoms with van der Waals surface area (Å²) in [6.45, 7) is 4.42. The summed E-state index contributed by atoms with van der Waals surface area (Å²) < 4.78 is 4.54. The third-order valence-corrected chi connectivity index (χ3v) is 3.02. The first-order valence-electron chi connectivity index (χ1n) is 6.47. The number of rotatable bonds is 6. The molecular weight excluding hydrogens is 208 g/mol. The van der Waals surface area contributed by atoms with E-state index in [1.165, 1.54) is 18.4 Å². The zero-order valence-electron chi connectivity index (χ0n) is 10.5. The topological polar surface area (TPSA) is 8.81 Å². The van der Waals surface area contributed by atoms with Gasteiger partial charge in [-0.25, -0.2) is 9.13 Å². The van der Waals surface area contributed by atoms with Crippen LogP contribution in [0, 0.1) is 0 Å². The van der Waals surface area contributed by atoms with Crippen molar-refractivity contribution in [1.82, 2.24) is 4.57 Å². The minimum atomic E-state index is 1.06. The van der Waals surface area contributed by atoms with E-state index in [0.29, 0.717) is 0 Å². The van der Waals surface area contributed by atoms with E-state index in [0.717, 1.165) is 19.5 Å². The molecule has 17 heavy (non-hydrogen) atoms. The number of hydrogen-bond donors (Lipinski definition) is 0. The lowest BCUT2D eigenvalue weighted by Gasteiger charge is -1.98. The highest BCUT2D eigenvalue weighted by molar-refractivity contribution is 5.14. The minimum Gasteiger partial charge on any atom is -0.237 e. The van der Waals surface area contributed by atoms with Crippen LogP contribution >= 0.6 is 0 Å². The summed E-state index contributed by atoms with van der Waals surface area (Å²) in [6.07, 6.45) is 10.1. The van der Waals surface area contributed by atoms with Crippen LogP contribution in [-0.4, -0.2) is 4.57 Å². The first kappa shape index (κ1) is 11.9. The number of imidazole rings is 1. The molecule has 0 spiro atoms. The van der Waals surface area contributed by atoms with Crippen LogP contribution in [0.5, 0.6) is 0 Å². The van der Waals surface area contributed by atoms with Crippen LogP contribution in [0.15, 0.2) is 49.1 Å². The van der Waals surface area contributed by atoms with Gasteiger partial charge >= 0.3 is 0 Å². The predicted octanol–water partition coefficient (Wildman–Crippen LogP) is 2.82. The fraction of sp³-hybridized carbons (Fsp3) is 0.400. The van der Waals surface area contributed by atoms with Crippen LogP contribution in [0.25, 0.3) is 0 Å². The van der Waals surface area contributed by atoms with Crippen molar-refractivity contribution >= 4 is 0 Å². The lowest BCUT2D eigenvalue weighted by atomic mass is 10.1. The highest BCUT2D eigenvalue weighted by Gasteiger charge is 2.03. The average molecular weight is 229 g/mol. The third kappa shape index (κ3) is 3.74. The fourth-order valence-electron chi connectivity index (χ4n) is 1.95.